The van der Waals surface area contributed by atoms with E-state index in [4.69, 9.17) is 11.6 Å². The highest BCUT2D eigenvalue weighted by molar-refractivity contribution is 6.31. The molecule has 0 aliphatic carbocycles. The molecule has 2 N–H and O–H groups in total. The van der Waals surface area contributed by atoms with Crippen LogP contribution in [0.1, 0.15) is 24.1 Å². The molecule has 0 aliphatic heterocycles. The third-order valence-corrected chi connectivity index (χ3v) is 3.45. The number of likely N-dealkylation sites (N-methyl/N-ethyl adjacent to an activating group) is 1. The maximum atomic E-state index is 9.32. The van der Waals surface area contributed by atoms with E-state index < -0.39 is 0 Å². The van der Waals surface area contributed by atoms with Gasteiger partial charge in [0.2, 0.25) is 0 Å². The van der Waals surface area contributed by atoms with Gasteiger partial charge in [0.25, 0.3) is 0 Å². The van der Waals surface area contributed by atoms with Gasteiger partial charge in [0.15, 0.2) is 0 Å². The average Bonchev–Trinajstić information content (AvgIpc) is 2.41. The van der Waals surface area contributed by atoms with Crippen molar-refractivity contribution >= 4 is 11.6 Å². The molecular weight excluding hydrogens is 258 g/mol. The molecule has 0 saturated heterocycles. The van der Waals surface area contributed by atoms with Crippen molar-refractivity contribution in [3.05, 3.63) is 64.7 Å². The van der Waals surface area contributed by atoms with E-state index in [9.17, 15) is 5.11 Å². The Labute approximate surface area is 119 Å². The number of halogens is 1. The van der Waals surface area contributed by atoms with Crippen LogP contribution in [0.5, 0.6) is 5.75 Å². The van der Waals surface area contributed by atoms with Gasteiger partial charge in [0.1, 0.15) is 5.75 Å². The van der Waals surface area contributed by atoms with E-state index in [0.717, 1.165) is 23.6 Å². The largest absolute Gasteiger partial charge is 0.508 e. The predicted molar refractivity (Wildman–Crippen MR) is 79.7 cm³/mol. The number of aromatic hydroxyl groups is 1. The summed E-state index contributed by atoms with van der Waals surface area (Å²) in [6, 6.07) is 15.4. The van der Waals surface area contributed by atoms with E-state index in [2.05, 4.69) is 18.3 Å². The molecule has 2 aromatic rings. The minimum absolute atomic E-state index is 0.184. The molecule has 0 fully saturated rings. The molecule has 1 atom stereocenters. The van der Waals surface area contributed by atoms with Gasteiger partial charge in [-0.3, -0.25) is 0 Å². The molecule has 2 rings (SSSR count). The van der Waals surface area contributed by atoms with Crippen LogP contribution in [0, 0.1) is 0 Å². The van der Waals surface area contributed by atoms with Gasteiger partial charge in [0.05, 0.1) is 0 Å². The summed E-state index contributed by atoms with van der Waals surface area (Å²) in [5, 5.41) is 13.6. The summed E-state index contributed by atoms with van der Waals surface area (Å²) in [5.41, 5.74) is 2.28. The van der Waals surface area contributed by atoms with Crippen LogP contribution >= 0.6 is 11.6 Å². The summed E-state index contributed by atoms with van der Waals surface area (Å²) in [7, 11) is 0. The molecule has 3 heteroatoms. The highest BCUT2D eigenvalue weighted by Gasteiger charge is 2.13. The zero-order valence-electron chi connectivity index (χ0n) is 10.9. The molecule has 0 spiro atoms. The van der Waals surface area contributed by atoms with Gasteiger partial charge in [0, 0.05) is 11.1 Å². The van der Waals surface area contributed by atoms with Crippen LogP contribution in [0.2, 0.25) is 5.02 Å². The second kappa shape index (κ2) is 6.60. The van der Waals surface area contributed by atoms with Crippen LogP contribution in [0.25, 0.3) is 0 Å². The number of nitrogens with one attached hydrogen (secondary N) is 1. The summed E-state index contributed by atoms with van der Waals surface area (Å²) >= 11 is 6.27. The minimum atomic E-state index is 0.184. The first-order chi connectivity index (χ1) is 9.20. The lowest BCUT2D eigenvalue weighted by molar-refractivity contribution is 0.474. The molecule has 19 heavy (non-hydrogen) atoms. The zero-order chi connectivity index (χ0) is 13.7. The van der Waals surface area contributed by atoms with E-state index in [-0.39, 0.29) is 6.04 Å². The van der Waals surface area contributed by atoms with Crippen LogP contribution in [0.3, 0.4) is 0 Å². The average molecular weight is 276 g/mol. The monoisotopic (exact) mass is 275 g/mol. The molecule has 2 aromatic carbocycles. The Morgan fingerprint density at radius 3 is 2.42 bits per heavy atom. The molecule has 0 heterocycles. The van der Waals surface area contributed by atoms with Crippen molar-refractivity contribution in [2.24, 2.45) is 0 Å². The lowest BCUT2D eigenvalue weighted by Crippen LogP contribution is -2.23. The minimum Gasteiger partial charge on any atom is -0.508 e. The van der Waals surface area contributed by atoms with E-state index in [1.807, 2.05) is 30.3 Å². The Bertz CT molecular complexity index is 525. The summed E-state index contributed by atoms with van der Waals surface area (Å²) < 4.78 is 0. The molecular formula is C16H18ClNO. The maximum absolute atomic E-state index is 9.32. The van der Waals surface area contributed by atoms with Crippen molar-refractivity contribution in [3.63, 3.8) is 0 Å². The number of hydrogen-bond donors (Lipinski definition) is 2. The molecule has 0 bridgehead atoms. The molecule has 1 unspecified atom stereocenters. The number of rotatable bonds is 5. The Balaban J connectivity index is 2.21. The predicted octanol–water partition coefficient (Wildman–Crippen LogP) is 3.94. The molecule has 0 amide bonds. The van der Waals surface area contributed by atoms with Gasteiger partial charge in [-0.05, 0) is 42.3 Å². The number of hydrogen-bond acceptors (Lipinski definition) is 2. The topological polar surface area (TPSA) is 32.3 Å². The molecule has 0 aliphatic rings. The van der Waals surface area contributed by atoms with Crippen LogP contribution in [-0.2, 0) is 6.42 Å². The van der Waals surface area contributed by atoms with Crippen LogP contribution < -0.4 is 5.32 Å². The number of benzene rings is 2. The molecule has 0 radical (unpaired) electrons. The summed E-state index contributed by atoms with van der Waals surface area (Å²) in [5.74, 6) is 0.293. The van der Waals surface area contributed by atoms with Crippen LogP contribution in [0.4, 0.5) is 0 Å². The SMILES string of the molecule is CCNC(Cc1ccc(O)cc1)c1ccccc1Cl. The van der Waals surface area contributed by atoms with E-state index in [0.29, 0.717) is 5.75 Å². The standard InChI is InChI=1S/C16H18ClNO/c1-2-18-16(14-5-3-4-6-15(14)17)11-12-7-9-13(19)10-8-12/h3-10,16,18-19H,2,11H2,1H3. The normalized spacial score (nSPS) is 12.3. The van der Waals surface area contributed by atoms with Gasteiger partial charge in [-0.15, -0.1) is 0 Å². The summed E-state index contributed by atoms with van der Waals surface area (Å²) in [6.07, 6.45) is 0.845. The van der Waals surface area contributed by atoms with Crippen molar-refractivity contribution in [2.45, 2.75) is 19.4 Å². The van der Waals surface area contributed by atoms with E-state index in [1.165, 1.54) is 5.56 Å². The van der Waals surface area contributed by atoms with Gasteiger partial charge in [-0.25, -0.2) is 0 Å². The smallest absolute Gasteiger partial charge is 0.115 e. The number of phenolic OH excluding ortho intramolecular Hbond substituents is 1. The Kier molecular flexibility index (Phi) is 4.83. The molecule has 100 valence electrons. The fourth-order valence-corrected chi connectivity index (χ4v) is 2.43. The van der Waals surface area contributed by atoms with Gasteiger partial charge >= 0.3 is 0 Å². The quantitative estimate of drug-likeness (QED) is 0.866. The highest BCUT2D eigenvalue weighted by atomic mass is 35.5. The molecule has 0 aromatic heterocycles. The second-order valence-electron chi connectivity index (χ2n) is 4.50. The maximum Gasteiger partial charge on any atom is 0.115 e. The van der Waals surface area contributed by atoms with Crippen LogP contribution in [-0.4, -0.2) is 11.7 Å². The van der Waals surface area contributed by atoms with E-state index >= 15 is 0 Å². The van der Waals surface area contributed by atoms with Gasteiger partial charge in [-0.1, -0.05) is 48.9 Å². The van der Waals surface area contributed by atoms with Crippen molar-refractivity contribution in [2.75, 3.05) is 6.54 Å². The second-order valence-corrected chi connectivity index (χ2v) is 4.91. The van der Waals surface area contributed by atoms with Crippen LogP contribution in [0.15, 0.2) is 48.5 Å². The summed E-state index contributed by atoms with van der Waals surface area (Å²) in [6.45, 7) is 2.97. The lowest BCUT2D eigenvalue weighted by atomic mass is 9.98. The van der Waals surface area contributed by atoms with Gasteiger partial charge < -0.3 is 10.4 Å². The highest BCUT2D eigenvalue weighted by Crippen LogP contribution is 2.26. The Hall–Kier alpha value is -1.51. The summed E-state index contributed by atoms with van der Waals surface area (Å²) in [4.78, 5) is 0. The van der Waals surface area contributed by atoms with Crippen molar-refractivity contribution in [1.82, 2.24) is 5.32 Å². The molecule has 0 saturated carbocycles. The van der Waals surface area contributed by atoms with Crippen molar-refractivity contribution < 1.29 is 5.11 Å². The van der Waals surface area contributed by atoms with Crippen molar-refractivity contribution in [3.8, 4) is 5.75 Å². The molecule has 2 nitrogen and oxygen atoms in total. The fourth-order valence-electron chi connectivity index (χ4n) is 2.16. The number of phenols is 1. The zero-order valence-corrected chi connectivity index (χ0v) is 11.7. The first-order valence-corrected chi connectivity index (χ1v) is 6.84. The third-order valence-electron chi connectivity index (χ3n) is 3.11. The van der Waals surface area contributed by atoms with Crippen molar-refractivity contribution in [1.29, 1.82) is 0 Å². The lowest BCUT2D eigenvalue weighted by Gasteiger charge is -2.19. The first kappa shape index (κ1) is 13.9. The first-order valence-electron chi connectivity index (χ1n) is 6.46. The van der Waals surface area contributed by atoms with Gasteiger partial charge in [-0.2, -0.15) is 0 Å². The fraction of sp³-hybridized carbons (Fsp3) is 0.250. The Morgan fingerprint density at radius 2 is 1.79 bits per heavy atom. The third kappa shape index (κ3) is 3.72. The Morgan fingerprint density at radius 1 is 1.11 bits per heavy atom. The van der Waals surface area contributed by atoms with E-state index in [1.54, 1.807) is 12.1 Å².